The molecule has 8 heteroatoms. The highest BCUT2D eigenvalue weighted by molar-refractivity contribution is 6.32. The van der Waals surface area contributed by atoms with E-state index in [9.17, 15) is 14.4 Å². The Balaban J connectivity index is 2.31. The summed E-state index contributed by atoms with van der Waals surface area (Å²) < 4.78 is 9.62. The molecule has 1 aromatic rings. The number of benzene rings is 1. The van der Waals surface area contributed by atoms with E-state index >= 15 is 0 Å². The lowest BCUT2D eigenvalue weighted by Crippen LogP contribution is -2.38. The molecule has 0 saturated heterocycles. The van der Waals surface area contributed by atoms with Crippen molar-refractivity contribution in [1.82, 2.24) is 5.32 Å². The topological polar surface area (TPSA) is 108 Å². The van der Waals surface area contributed by atoms with Crippen molar-refractivity contribution in [3.63, 3.8) is 0 Å². The first-order valence-electron chi connectivity index (χ1n) is 5.11. The second kappa shape index (κ2) is 7.22. The van der Waals surface area contributed by atoms with E-state index in [0.717, 1.165) is 0 Å². The van der Waals surface area contributed by atoms with Gasteiger partial charge in [-0.25, -0.2) is 9.59 Å². The van der Waals surface area contributed by atoms with Gasteiger partial charge in [-0.3, -0.25) is 10.1 Å². The molecule has 1 rings (SSSR count). The standard InChI is InChI=1S/C11H11ClN2O5/c12-7-3-1-2-4-8(7)18-6-10(16)19-5-9(15)14-11(13)17/h1-4H,5-6H2,(H3,13,14,15,17). The zero-order valence-corrected chi connectivity index (χ0v) is 10.5. The molecule has 3 amide bonds. The molecule has 0 radical (unpaired) electrons. The first-order valence-corrected chi connectivity index (χ1v) is 5.49. The van der Waals surface area contributed by atoms with E-state index in [1.165, 1.54) is 0 Å². The van der Waals surface area contributed by atoms with Gasteiger partial charge in [0.05, 0.1) is 5.02 Å². The summed E-state index contributed by atoms with van der Waals surface area (Å²) in [4.78, 5) is 32.5. The van der Waals surface area contributed by atoms with Crippen LogP contribution in [-0.4, -0.2) is 31.1 Å². The summed E-state index contributed by atoms with van der Waals surface area (Å²) in [5.74, 6) is -1.28. The molecular formula is C11H11ClN2O5. The predicted octanol–water partition coefficient (Wildman–Crippen LogP) is 0.457. The van der Waals surface area contributed by atoms with Crippen molar-refractivity contribution in [2.24, 2.45) is 5.73 Å². The third-order valence-electron chi connectivity index (χ3n) is 1.81. The van der Waals surface area contributed by atoms with Gasteiger partial charge in [-0.15, -0.1) is 0 Å². The van der Waals surface area contributed by atoms with Crippen molar-refractivity contribution in [3.8, 4) is 5.75 Å². The first-order chi connectivity index (χ1) is 8.99. The molecule has 0 aliphatic carbocycles. The summed E-state index contributed by atoms with van der Waals surface area (Å²) >= 11 is 5.80. The van der Waals surface area contributed by atoms with Gasteiger partial charge >= 0.3 is 12.0 Å². The molecule has 0 aromatic heterocycles. The number of nitrogens with two attached hydrogens (primary N) is 1. The van der Waals surface area contributed by atoms with E-state index in [4.69, 9.17) is 22.1 Å². The minimum absolute atomic E-state index is 0.322. The van der Waals surface area contributed by atoms with Crippen LogP contribution >= 0.6 is 11.6 Å². The number of carbonyl (C=O) groups excluding carboxylic acids is 3. The van der Waals surface area contributed by atoms with Crippen molar-refractivity contribution in [2.45, 2.75) is 0 Å². The number of carbonyl (C=O) groups is 3. The number of imide groups is 1. The highest BCUT2D eigenvalue weighted by atomic mass is 35.5. The second-order valence-electron chi connectivity index (χ2n) is 3.29. The minimum Gasteiger partial charge on any atom is -0.480 e. The molecular weight excluding hydrogens is 276 g/mol. The van der Waals surface area contributed by atoms with Gasteiger partial charge in [0, 0.05) is 0 Å². The second-order valence-corrected chi connectivity index (χ2v) is 3.70. The van der Waals surface area contributed by atoms with Crippen LogP contribution in [0.4, 0.5) is 4.79 Å². The van der Waals surface area contributed by atoms with Crippen molar-refractivity contribution in [1.29, 1.82) is 0 Å². The number of nitrogens with one attached hydrogen (secondary N) is 1. The maximum Gasteiger partial charge on any atom is 0.344 e. The smallest absolute Gasteiger partial charge is 0.344 e. The number of urea groups is 1. The van der Waals surface area contributed by atoms with Gasteiger partial charge in [0.15, 0.2) is 13.2 Å². The van der Waals surface area contributed by atoms with E-state index < -0.39 is 31.1 Å². The number of hydrogen-bond acceptors (Lipinski definition) is 5. The van der Waals surface area contributed by atoms with Crippen LogP contribution in [0.3, 0.4) is 0 Å². The normalized spacial score (nSPS) is 9.53. The number of esters is 1. The van der Waals surface area contributed by atoms with Gasteiger partial charge in [-0.1, -0.05) is 23.7 Å². The maximum absolute atomic E-state index is 11.2. The van der Waals surface area contributed by atoms with Crippen LogP contribution in [0.25, 0.3) is 0 Å². The molecule has 0 aliphatic rings. The lowest BCUT2D eigenvalue weighted by molar-refractivity contribution is -0.150. The molecule has 102 valence electrons. The Kier molecular flexibility index (Phi) is 5.62. The Bertz CT molecular complexity index is 492. The quantitative estimate of drug-likeness (QED) is 0.764. The molecule has 7 nitrogen and oxygen atoms in total. The fourth-order valence-corrected chi connectivity index (χ4v) is 1.25. The lowest BCUT2D eigenvalue weighted by Gasteiger charge is -2.07. The third-order valence-corrected chi connectivity index (χ3v) is 2.12. The van der Waals surface area contributed by atoms with Crippen molar-refractivity contribution in [3.05, 3.63) is 29.3 Å². The van der Waals surface area contributed by atoms with Crippen LogP contribution in [0.5, 0.6) is 5.75 Å². The summed E-state index contributed by atoms with van der Waals surface area (Å²) in [6.45, 7) is -1.03. The first kappa shape index (κ1) is 14.8. The predicted molar refractivity (Wildman–Crippen MR) is 65.6 cm³/mol. The minimum atomic E-state index is -1.02. The van der Waals surface area contributed by atoms with E-state index in [0.29, 0.717) is 10.8 Å². The molecule has 3 N–H and O–H groups in total. The number of amides is 3. The molecule has 0 saturated carbocycles. The summed E-state index contributed by atoms with van der Waals surface area (Å²) in [5.41, 5.74) is 4.70. The van der Waals surface area contributed by atoms with Crippen LogP contribution in [0.15, 0.2) is 24.3 Å². The Morgan fingerprint density at radius 3 is 2.53 bits per heavy atom. The van der Waals surface area contributed by atoms with Crippen LogP contribution < -0.4 is 15.8 Å². The summed E-state index contributed by atoms with van der Waals surface area (Å²) in [5, 5.41) is 2.09. The summed E-state index contributed by atoms with van der Waals surface area (Å²) in [7, 11) is 0. The number of hydrogen-bond donors (Lipinski definition) is 2. The summed E-state index contributed by atoms with van der Waals surface area (Å²) in [6, 6.07) is 5.56. The van der Waals surface area contributed by atoms with E-state index in [1.54, 1.807) is 29.6 Å². The van der Waals surface area contributed by atoms with E-state index in [-0.39, 0.29) is 0 Å². The van der Waals surface area contributed by atoms with Crippen molar-refractivity contribution < 1.29 is 23.9 Å². The van der Waals surface area contributed by atoms with Gasteiger partial charge in [0.1, 0.15) is 5.75 Å². The molecule has 0 heterocycles. The molecule has 19 heavy (non-hydrogen) atoms. The Hall–Kier alpha value is -2.28. The lowest BCUT2D eigenvalue weighted by atomic mass is 10.3. The average molecular weight is 287 g/mol. The molecule has 0 unspecified atom stereocenters. The highest BCUT2D eigenvalue weighted by Crippen LogP contribution is 2.22. The number of para-hydroxylation sites is 1. The number of rotatable bonds is 5. The van der Waals surface area contributed by atoms with Gasteiger partial charge in [-0.05, 0) is 12.1 Å². The van der Waals surface area contributed by atoms with Gasteiger partial charge < -0.3 is 15.2 Å². The van der Waals surface area contributed by atoms with Crippen LogP contribution in [0.2, 0.25) is 5.02 Å². The number of halogens is 1. The van der Waals surface area contributed by atoms with Crippen LogP contribution in [0.1, 0.15) is 0 Å². The zero-order chi connectivity index (χ0) is 14.3. The zero-order valence-electron chi connectivity index (χ0n) is 9.72. The Morgan fingerprint density at radius 2 is 1.89 bits per heavy atom. The highest BCUT2D eigenvalue weighted by Gasteiger charge is 2.10. The average Bonchev–Trinajstić information content (AvgIpc) is 2.34. The van der Waals surface area contributed by atoms with Crippen molar-refractivity contribution >= 4 is 29.5 Å². The Morgan fingerprint density at radius 1 is 1.21 bits per heavy atom. The van der Waals surface area contributed by atoms with Gasteiger partial charge in [0.2, 0.25) is 0 Å². The summed E-state index contributed by atoms with van der Waals surface area (Å²) in [6.07, 6.45) is 0. The molecule has 0 fully saturated rings. The van der Waals surface area contributed by atoms with E-state index in [2.05, 4.69) is 4.74 Å². The SMILES string of the molecule is NC(=O)NC(=O)COC(=O)COc1ccccc1Cl. The molecule has 1 aromatic carbocycles. The molecule has 0 bridgehead atoms. The molecule has 0 aliphatic heterocycles. The third kappa shape index (κ3) is 5.73. The van der Waals surface area contributed by atoms with E-state index in [1.807, 2.05) is 0 Å². The fourth-order valence-electron chi connectivity index (χ4n) is 1.06. The van der Waals surface area contributed by atoms with Gasteiger partial charge in [0.25, 0.3) is 5.91 Å². The monoisotopic (exact) mass is 286 g/mol. The van der Waals surface area contributed by atoms with Crippen LogP contribution in [0, 0.1) is 0 Å². The molecule has 0 spiro atoms. The Labute approximate surface area is 113 Å². The molecule has 0 atom stereocenters. The largest absolute Gasteiger partial charge is 0.480 e. The maximum atomic E-state index is 11.2. The number of primary amides is 1. The van der Waals surface area contributed by atoms with Crippen molar-refractivity contribution in [2.75, 3.05) is 13.2 Å². The van der Waals surface area contributed by atoms with Crippen LogP contribution in [-0.2, 0) is 14.3 Å². The number of ether oxygens (including phenoxy) is 2. The fraction of sp³-hybridized carbons (Fsp3) is 0.182. The van der Waals surface area contributed by atoms with Gasteiger partial charge in [-0.2, -0.15) is 0 Å².